The van der Waals surface area contributed by atoms with Crippen LogP contribution in [0.1, 0.15) is 68.2 Å². The van der Waals surface area contributed by atoms with Gasteiger partial charge in [-0.25, -0.2) is 5.01 Å². The average molecular weight is 586 g/mol. The number of benzene rings is 4. The molecule has 4 aliphatic rings. The zero-order chi connectivity index (χ0) is 30.7. The van der Waals surface area contributed by atoms with E-state index in [1.54, 1.807) is 37.3 Å². The molecule has 8 rings (SSSR count). The predicted molar refractivity (Wildman–Crippen MR) is 160 cm³/mol. The Morgan fingerprint density at radius 2 is 1.18 bits per heavy atom. The van der Waals surface area contributed by atoms with Crippen LogP contribution in [-0.4, -0.2) is 44.5 Å². The van der Waals surface area contributed by atoms with Crippen LogP contribution in [0.25, 0.3) is 0 Å². The van der Waals surface area contributed by atoms with Crippen molar-refractivity contribution in [3.8, 4) is 0 Å². The van der Waals surface area contributed by atoms with Crippen LogP contribution in [0, 0.1) is 22.0 Å². The van der Waals surface area contributed by atoms with Crippen molar-refractivity contribution in [1.29, 1.82) is 0 Å². The summed E-state index contributed by atoms with van der Waals surface area (Å²) >= 11 is 0. The number of nitro benzene ring substituents is 1. The van der Waals surface area contributed by atoms with Crippen molar-refractivity contribution in [3.63, 3.8) is 0 Å². The molecule has 0 spiro atoms. The summed E-state index contributed by atoms with van der Waals surface area (Å²) in [7, 11) is 0. The molecule has 0 N–H and O–H groups in total. The monoisotopic (exact) mass is 585 g/mol. The maximum absolute atomic E-state index is 14.6. The van der Waals surface area contributed by atoms with Crippen molar-refractivity contribution in [1.82, 2.24) is 10.0 Å². The molecule has 9 heteroatoms. The number of nitrogens with zero attached hydrogens (tertiary/aromatic N) is 3. The molecular formula is C35H27N3O6. The van der Waals surface area contributed by atoms with Gasteiger partial charge in [0.1, 0.15) is 6.04 Å². The maximum atomic E-state index is 14.6. The van der Waals surface area contributed by atoms with Crippen molar-refractivity contribution in [2.45, 2.75) is 31.2 Å². The summed E-state index contributed by atoms with van der Waals surface area (Å²) in [6, 6.07) is 27.8. The van der Waals surface area contributed by atoms with Crippen LogP contribution in [0.2, 0.25) is 0 Å². The minimum absolute atomic E-state index is 0.0138. The number of nitro groups is 1. The van der Waals surface area contributed by atoms with Gasteiger partial charge in [-0.1, -0.05) is 85.8 Å². The third-order valence-electron chi connectivity index (χ3n) is 9.22. The van der Waals surface area contributed by atoms with E-state index in [4.69, 9.17) is 0 Å². The summed E-state index contributed by atoms with van der Waals surface area (Å²) in [5.41, 5.74) is 4.08. The van der Waals surface area contributed by atoms with Crippen LogP contribution in [-0.2, 0) is 9.59 Å². The molecule has 0 unspecified atom stereocenters. The summed E-state index contributed by atoms with van der Waals surface area (Å²) in [4.78, 5) is 68.1. The Kier molecular flexibility index (Phi) is 6.46. The molecule has 44 heavy (non-hydrogen) atoms. The Hall–Kier alpha value is -5.44. The molecule has 4 aromatic carbocycles. The molecule has 9 nitrogen and oxygen atoms in total. The number of non-ortho nitro benzene ring substituents is 1. The molecule has 3 amide bonds. The van der Waals surface area contributed by atoms with Crippen molar-refractivity contribution in [2.24, 2.45) is 11.8 Å². The van der Waals surface area contributed by atoms with Gasteiger partial charge in [0, 0.05) is 35.1 Å². The lowest BCUT2D eigenvalue weighted by atomic mass is 9.55. The van der Waals surface area contributed by atoms with Crippen molar-refractivity contribution < 1.29 is 24.1 Å². The summed E-state index contributed by atoms with van der Waals surface area (Å²) in [6.07, 6.45) is 0.117. The Morgan fingerprint density at radius 3 is 1.61 bits per heavy atom. The van der Waals surface area contributed by atoms with Gasteiger partial charge in [0.15, 0.2) is 5.78 Å². The molecule has 1 heterocycles. The summed E-state index contributed by atoms with van der Waals surface area (Å²) < 4.78 is 0. The Balaban J connectivity index is 1.37. The number of Topliss-reactive ketones (excluding diaryl/α,β-unsaturated/α-hetero) is 1. The highest BCUT2D eigenvalue weighted by Crippen LogP contribution is 2.61. The third-order valence-corrected chi connectivity index (χ3v) is 9.22. The standard InChI is InChI=1S/C35H27N3O6/c1-2-27(32(39)20-10-4-3-5-11-20)36(33(40)21-16-18-22(19-17-21)38(43)44)37-34(41)30-28-23-12-6-7-13-24(23)29(31(30)35(37)42)26-15-9-8-14-25(26)28/h3-19,27-31H,2H2,1H3/t27-,28?,29?,30-,31-/m1/s1. The van der Waals surface area contributed by atoms with Crippen LogP contribution in [0.15, 0.2) is 103 Å². The van der Waals surface area contributed by atoms with Gasteiger partial charge in [0.2, 0.25) is 0 Å². The fourth-order valence-electron chi connectivity index (χ4n) is 7.37. The van der Waals surface area contributed by atoms with Crippen molar-refractivity contribution in [3.05, 3.63) is 147 Å². The van der Waals surface area contributed by atoms with Gasteiger partial charge in [0.05, 0.1) is 16.8 Å². The lowest BCUT2D eigenvalue weighted by Gasteiger charge is -2.45. The minimum Gasteiger partial charge on any atom is -0.292 e. The molecule has 0 aromatic heterocycles. The zero-order valence-electron chi connectivity index (χ0n) is 23.7. The molecular weight excluding hydrogens is 558 g/mol. The molecule has 2 bridgehead atoms. The first kappa shape index (κ1) is 27.4. The van der Waals surface area contributed by atoms with Crippen molar-refractivity contribution in [2.75, 3.05) is 0 Å². The molecule has 3 atom stereocenters. The van der Waals surface area contributed by atoms with E-state index in [-0.39, 0.29) is 29.5 Å². The number of hydrogen-bond donors (Lipinski definition) is 0. The van der Waals surface area contributed by atoms with Gasteiger partial charge in [0.25, 0.3) is 23.4 Å². The Labute approximate surface area is 252 Å². The topological polar surface area (TPSA) is 118 Å². The van der Waals surface area contributed by atoms with Crippen LogP contribution >= 0.6 is 0 Å². The second-order valence-corrected chi connectivity index (χ2v) is 11.4. The average Bonchev–Trinajstić information content (AvgIpc) is 3.32. The molecule has 1 saturated heterocycles. The summed E-state index contributed by atoms with van der Waals surface area (Å²) in [6.45, 7) is 1.72. The van der Waals surface area contributed by atoms with Gasteiger partial charge < -0.3 is 0 Å². The molecule has 4 aromatic rings. The second kappa shape index (κ2) is 10.4. The number of ketones is 1. The second-order valence-electron chi connectivity index (χ2n) is 11.4. The van der Waals surface area contributed by atoms with Gasteiger partial charge >= 0.3 is 0 Å². The molecule has 1 fully saturated rings. The molecule has 0 saturated carbocycles. The van der Waals surface area contributed by atoms with E-state index in [1.807, 2.05) is 48.5 Å². The quantitative estimate of drug-likeness (QED) is 0.122. The minimum atomic E-state index is -1.18. The first-order valence-corrected chi connectivity index (χ1v) is 14.6. The fraction of sp³-hybridized carbons (Fsp3) is 0.200. The van der Waals surface area contributed by atoms with Gasteiger partial charge in [-0.05, 0) is 40.8 Å². The van der Waals surface area contributed by atoms with Crippen LogP contribution in [0.5, 0.6) is 0 Å². The van der Waals surface area contributed by atoms with E-state index >= 15 is 0 Å². The highest BCUT2D eigenvalue weighted by Gasteiger charge is 2.63. The van der Waals surface area contributed by atoms with Crippen LogP contribution in [0.4, 0.5) is 5.69 Å². The maximum Gasteiger partial charge on any atom is 0.273 e. The Bertz CT molecular complexity index is 1740. The highest BCUT2D eigenvalue weighted by atomic mass is 16.6. The Morgan fingerprint density at radius 1 is 0.727 bits per heavy atom. The molecule has 1 aliphatic heterocycles. The number of carbonyl (C=O) groups is 4. The van der Waals surface area contributed by atoms with Gasteiger partial charge in [-0.15, -0.1) is 0 Å². The van der Waals surface area contributed by atoms with E-state index in [2.05, 4.69) is 0 Å². The van der Waals surface area contributed by atoms with E-state index in [0.29, 0.717) is 5.56 Å². The number of carbonyl (C=O) groups excluding carboxylic acids is 4. The first-order chi connectivity index (χ1) is 21.3. The molecule has 3 aliphatic carbocycles. The van der Waals surface area contributed by atoms with Gasteiger partial charge in [-0.3, -0.25) is 29.3 Å². The van der Waals surface area contributed by atoms with Gasteiger partial charge in [-0.2, -0.15) is 5.01 Å². The number of hydrogen-bond acceptors (Lipinski definition) is 6. The normalized spacial score (nSPS) is 21.7. The number of rotatable bonds is 7. The van der Waals surface area contributed by atoms with E-state index in [1.165, 1.54) is 24.3 Å². The number of amides is 3. The van der Waals surface area contributed by atoms with E-state index < -0.39 is 46.3 Å². The summed E-state index contributed by atoms with van der Waals surface area (Å²) in [5.74, 6) is -4.54. The number of hydrazine groups is 1. The predicted octanol–water partition coefficient (Wildman–Crippen LogP) is 5.51. The first-order valence-electron chi connectivity index (χ1n) is 14.6. The van der Waals surface area contributed by atoms with Crippen molar-refractivity contribution >= 4 is 29.2 Å². The largest absolute Gasteiger partial charge is 0.292 e. The summed E-state index contributed by atoms with van der Waals surface area (Å²) in [5, 5.41) is 13.2. The van der Waals surface area contributed by atoms with Crippen LogP contribution in [0.3, 0.4) is 0 Å². The van der Waals surface area contributed by atoms with E-state index in [0.717, 1.165) is 32.3 Å². The highest BCUT2D eigenvalue weighted by molar-refractivity contribution is 6.12. The molecule has 0 radical (unpaired) electrons. The number of imide groups is 1. The molecule has 218 valence electrons. The zero-order valence-corrected chi connectivity index (χ0v) is 23.7. The van der Waals surface area contributed by atoms with Crippen LogP contribution < -0.4 is 0 Å². The van der Waals surface area contributed by atoms with E-state index in [9.17, 15) is 29.3 Å². The SMILES string of the molecule is CC[C@H](C(=O)c1ccccc1)N(C(=O)c1ccc([N+](=O)[O-])cc1)N1C(=O)[C@@H]2C3c4ccccc4C(c4ccccc43)[C@H]2C1=O. The third kappa shape index (κ3) is 3.92. The lowest BCUT2D eigenvalue weighted by Crippen LogP contribution is -2.57. The fourth-order valence-corrected chi connectivity index (χ4v) is 7.37. The lowest BCUT2D eigenvalue weighted by molar-refractivity contribution is -0.384. The smallest absolute Gasteiger partial charge is 0.273 e.